The second kappa shape index (κ2) is 43.8. The molecule has 1 amide bonds. The Balaban J connectivity index is 0. The molecular formula is C55H63N11Na6O22S6. The molecule has 512 valence electrons. The maximum absolute atomic E-state index is 13.2. The number of aliphatic hydroxyl groups is 2. The van der Waals surface area contributed by atoms with Crippen molar-refractivity contribution in [1.82, 2.24) is 35.2 Å². The van der Waals surface area contributed by atoms with Crippen molar-refractivity contribution in [2.75, 3.05) is 58.1 Å². The number of aromatic nitrogens is 6. The molecule has 0 aliphatic rings. The number of rotatable bonds is 32. The summed E-state index contributed by atoms with van der Waals surface area (Å²) in [4.78, 5) is 53.7. The van der Waals surface area contributed by atoms with Crippen LogP contribution in [0.3, 0.4) is 0 Å². The van der Waals surface area contributed by atoms with Gasteiger partial charge in [-0.15, -0.1) is 12.6 Å². The summed E-state index contributed by atoms with van der Waals surface area (Å²) in [7, 11) is -28.1. The Morgan fingerprint density at radius 3 is 1.45 bits per heavy atom. The van der Waals surface area contributed by atoms with Crippen LogP contribution >= 0.6 is 0 Å². The fraction of sp³-hybridized carbons (Fsp3) is 0.382. The van der Waals surface area contributed by atoms with Crippen LogP contribution in [0.15, 0.2) is 99.6 Å². The molecule has 2 aromatic heterocycles. The fourth-order valence-electron chi connectivity index (χ4n) is 9.18. The van der Waals surface area contributed by atoms with Crippen LogP contribution in [0, 0.1) is 11.5 Å². The minimum absolute atomic E-state index is 0. The number of hydrogen-bond donors (Lipinski definition) is 5. The number of hydrogen-bond acceptors (Lipinski definition) is 32. The molecular weight excluding hydrogens is 1500 g/mol. The molecule has 0 bridgehead atoms. The maximum Gasteiger partial charge on any atom is 1.00 e. The minimum atomic E-state index is -5.39. The third-order valence-electron chi connectivity index (χ3n) is 12.6. The summed E-state index contributed by atoms with van der Waals surface area (Å²) in [6.07, 6.45) is -0.836. The van der Waals surface area contributed by atoms with Gasteiger partial charge in [0.05, 0.1) is 52.9 Å². The molecule has 2 heterocycles. The molecule has 5 N–H and O–H groups in total. The molecule has 0 aliphatic carbocycles. The van der Waals surface area contributed by atoms with Crippen LogP contribution in [0.5, 0.6) is 0 Å². The van der Waals surface area contributed by atoms with E-state index < -0.39 is 116 Å². The molecule has 6 aromatic rings. The van der Waals surface area contributed by atoms with Crippen LogP contribution in [0.4, 0.5) is 35.2 Å². The Labute approximate surface area is 714 Å². The molecule has 0 saturated carbocycles. The first-order valence-electron chi connectivity index (χ1n) is 27.5. The zero-order valence-electron chi connectivity index (χ0n) is 56.8. The summed E-state index contributed by atoms with van der Waals surface area (Å²) < 4.78 is 207. The van der Waals surface area contributed by atoms with E-state index in [-0.39, 0.29) is 305 Å². The molecule has 0 fully saturated rings. The van der Waals surface area contributed by atoms with Crippen LogP contribution < -0.4 is 203 Å². The Hall–Kier alpha value is -1.93. The van der Waals surface area contributed by atoms with Gasteiger partial charge in [0.2, 0.25) is 29.7 Å². The first kappa shape index (κ1) is 100. The molecule has 2 unspecified atom stereocenters. The number of benzene rings is 4. The second-order valence-corrected chi connectivity index (χ2v) is 29.9. The van der Waals surface area contributed by atoms with E-state index in [2.05, 4.69) is 51.9 Å². The zero-order chi connectivity index (χ0) is 70.4. The van der Waals surface area contributed by atoms with Crippen molar-refractivity contribution in [3.05, 3.63) is 125 Å². The van der Waals surface area contributed by atoms with E-state index in [0.717, 1.165) is 48.0 Å². The van der Waals surface area contributed by atoms with Crippen LogP contribution in [0.2, 0.25) is 0 Å². The number of aliphatic hydroxyl groups excluding tert-OH is 2. The van der Waals surface area contributed by atoms with Gasteiger partial charge in [-0.2, -0.15) is 60.8 Å². The molecule has 4 aromatic carbocycles. The maximum atomic E-state index is 13.2. The van der Waals surface area contributed by atoms with Gasteiger partial charge in [0.15, 0.2) is 0 Å². The Bertz CT molecular complexity index is 4480. The first-order valence-corrected chi connectivity index (χ1v) is 35.9. The minimum Gasteiger partial charge on any atom is -0.748 e. The molecule has 0 spiro atoms. The summed E-state index contributed by atoms with van der Waals surface area (Å²) in [6, 6.07) is 21.2. The largest absolute Gasteiger partial charge is 1.00 e. The standard InChI is InChI=1S/C55H68N11O19S5.6Na.O3S/c1-35(67)31-65(24-22-43(69)30-54(3,4)33-86(71,72)73)52-59-47(27-37-10-8-7-9-11-37)58-48(60-52)28-38-12-13-39(45(26-38)89(80,81)82)14-15-40-16-17-42(29-46(40)90(83,84)85)57-51-61-50(56-41-18-20-44(21-19-41)88(77,78)79)62-53(63-51)66(32-36(2)68)25-23-49(70)64-55(5,6)34-87(74,75)76;;;;;;;1-4(2)3/h8-21,26,29,35-36,67-68H,22-25,27-28,30-34H2,1-6H3,(H,64,70)(H,71,72,73)(H,74,75,76)(H,77,78,79)(H,80,81,82)(H,83,84,85)(H2,56,57,61,62,63);;;;;;;/q-1;6*+1;/p-5/b15-14+;;;;;;;. The number of nitrogens with zero attached hydrogens (tertiary/aromatic N) is 8. The van der Waals surface area contributed by atoms with E-state index in [1.54, 1.807) is 24.3 Å². The second-order valence-electron chi connectivity index (χ2n) is 22.6. The number of carbonyl (C=O) groups excluding carboxylic acids is 2. The number of amides is 1. The molecule has 0 aliphatic heterocycles. The van der Waals surface area contributed by atoms with Gasteiger partial charge >= 0.3 is 188 Å². The summed E-state index contributed by atoms with van der Waals surface area (Å²) in [6.45, 7) is 7.79. The van der Waals surface area contributed by atoms with Gasteiger partial charge in [0, 0.05) is 80.9 Å². The van der Waals surface area contributed by atoms with Crippen LogP contribution in [-0.2, 0) is 83.6 Å². The van der Waals surface area contributed by atoms with E-state index in [9.17, 15) is 84.7 Å². The van der Waals surface area contributed by atoms with Crippen LogP contribution in [-0.4, -0.2) is 185 Å². The number of anilines is 6. The van der Waals surface area contributed by atoms with Crippen molar-refractivity contribution in [3.8, 4) is 0 Å². The van der Waals surface area contributed by atoms with E-state index in [1.807, 2.05) is 0 Å². The van der Waals surface area contributed by atoms with Gasteiger partial charge < -0.3 is 58.7 Å². The van der Waals surface area contributed by atoms with Crippen molar-refractivity contribution in [3.63, 3.8) is 0 Å². The Morgan fingerprint density at radius 2 is 0.990 bits per heavy atom. The average molecular weight is 1560 g/mol. The summed E-state index contributed by atoms with van der Waals surface area (Å²) >= 11 is 0. The third-order valence-corrected chi connectivity index (χ3v) is 17.5. The molecule has 45 heteroatoms. The van der Waals surface area contributed by atoms with Gasteiger partial charge in [0.1, 0.15) is 47.8 Å². The van der Waals surface area contributed by atoms with E-state index in [1.165, 1.54) is 81.7 Å². The molecule has 0 radical (unpaired) electrons. The fourth-order valence-corrected chi connectivity index (χ4v) is 13.1. The molecule has 100 heavy (non-hydrogen) atoms. The van der Waals surface area contributed by atoms with Gasteiger partial charge in [-0.3, -0.25) is 9.59 Å². The normalized spacial score (nSPS) is 12.3. The van der Waals surface area contributed by atoms with E-state index >= 15 is 0 Å². The van der Waals surface area contributed by atoms with Crippen LogP contribution in [0.25, 0.3) is 12.2 Å². The third kappa shape index (κ3) is 37.1. The zero-order valence-corrected chi connectivity index (χ0v) is 73.7. The van der Waals surface area contributed by atoms with Crippen molar-refractivity contribution < 1.29 is 275 Å². The van der Waals surface area contributed by atoms with Crippen molar-refractivity contribution in [2.24, 2.45) is 5.41 Å². The van der Waals surface area contributed by atoms with Gasteiger partial charge in [-0.25, -0.2) is 47.1 Å². The first-order chi connectivity index (χ1) is 43.3. The van der Waals surface area contributed by atoms with E-state index in [0.29, 0.717) is 0 Å². The topological polar surface area (TPSA) is 532 Å². The van der Waals surface area contributed by atoms with Crippen LogP contribution in [0.1, 0.15) is 94.7 Å². The number of nitrogens with one attached hydrogen (secondary N) is 3. The molecule has 6 rings (SSSR count). The Kier molecular flexibility index (Phi) is 43.8. The summed E-state index contributed by atoms with van der Waals surface area (Å²) in [5.41, 5.74) is -2.27. The van der Waals surface area contributed by atoms with Crippen molar-refractivity contribution >= 4 is 120 Å². The molecule has 2 atom stereocenters. The SMILES string of the molecule is CC(O)CN(CCC(=O)CC(C)(C)CS(=O)(=O)[O-])c1nc(Cc2cc[c-]cc2)nc(Cc2ccc(/C=C/c3ccc(Nc4nc(Nc5ccc(S(=O)(=O)[O-])cc5)nc(N(CCC(=O)NC(C)(C)CS(=O)(=O)[O-])CC(C)O)n4)cc3S(=O)(=O)[O-])c(S(=O)(=O)[O-])c2)n1.O=S(=O)=O.[Na+].[Na+].[Na+].[Na+].[Na+].[Na+]. The molecule has 0 saturated heterocycles. The Morgan fingerprint density at radius 1 is 0.560 bits per heavy atom. The molecule has 33 nitrogen and oxygen atoms in total. The number of Topliss-reactive ketones (excluding diaryl/α,β-unsaturated/α-hetero) is 1. The van der Waals surface area contributed by atoms with E-state index in [4.69, 9.17) is 12.6 Å². The average Bonchev–Trinajstić information content (AvgIpc) is 0.786. The van der Waals surface area contributed by atoms with Crippen molar-refractivity contribution in [1.29, 1.82) is 0 Å². The predicted molar refractivity (Wildman–Crippen MR) is 331 cm³/mol. The number of carbonyl (C=O) groups is 2. The van der Waals surface area contributed by atoms with Gasteiger partial charge in [-0.1, -0.05) is 44.2 Å². The smallest absolute Gasteiger partial charge is 0.748 e. The summed E-state index contributed by atoms with van der Waals surface area (Å²) in [5.74, 6) is -3.45. The summed E-state index contributed by atoms with van der Waals surface area (Å²) in [5, 5.41) is 29.0. The number of ketones is 1. The van der Waals surface area contributed by atoms with Crippen molar-refractivity contribution in [2.45, 2.75) is 106 Å². The predicted octanol–water partition coefficient (Wildman–Crippen LogP) is -16.4. The quantitative estimate of drug-likeness (QED) is 0.0113. The van der Waals surface area contributed by atoms with Gasteiger partial charge in [-0.05, 0) is 92.3 Å². The van der Waals surface area contributed by atoms with Gasteiger partial charge in [0.25, 0.3) is 0 Å². The monoisotopic (exact) mass is 1560 g/mol.